The lowest BCUT2D eigenvalue weighted by atomic mass is 10.1. The van der Waals surface area contributed by atoms with Crippen LogP contribution in [-0.2, 0) is 6.54 Å². The molecule has 0 radical (unpaired) electrons. The van der Waals surface area contributed by atoms with Crippen LogP contribution in [0.3, 0.4) is 0 Å². The minimum atomic E-state index is -0.266. The Balaban J connectivity index is 1.71. The van der Waals surface area contributed by atoms with E-state index in [1.54, 1.807) is 50.9 Å². The van der Waals surface area contributed by atoms with Crippen molar-refractivity contribution in [2.24, 2.45) is 0 Å². The summed E-state index contributed by atoms with van der Waals surface area (Å²) in [5.74, 6) is 1.32. The van der Waals surface area contributed by atoms with Crippen LogP contribution in [0, 0.1) is 0 Å². The quantitative estimate of drug-likeness (QED) is 0.665. The summed E-state index contributed by atoms with van der Waals surface area (Å²) in [4.78, 5) is 13.4. The van der Waals surface area contributed by atoms with Crippen molar-refractivity contribution < 1.29 is 19.0 Å². The van der Waals surface area contributed by atoms with E-state index in [1.165, 1.54) is 0 Å². The van der Waals surface area contributed by atoms with Gasteiger partial charge in [-0.3, -0.25) is 9.89 Å². The van der Waals surface area contributed by atoms with Crippen LogP contribution in [0.1, 0.15) is 16.1 Å². The van der Waals surface area contributed by atoms with E-state index in [0.717, 1.165) is 16.1 Å². The lowest BCUT2D eigenvalue weighted by Crippen LogP contribution is -2.23. The van der Waals surface area contributed by atoms with Gasteiger partial charge in [-0.15, -0.1) is 11.3 Å². The van der Waals surface area contributed by atoms with E-state index in [1.807, 2.05) is 17.5 Å². The van der Waals surface area contributed by atoms with Gasteiger partial charge in [0.25, 0.3) is 5.91 Å². The first-order valence-electron chi connectivity index (χ1n) is 7.82. The van der Waals surface area contributed by atoms with Gasteiger partial charge in [0.15, 0.2) is 17.2 Å². The summed E-state index contributed by atoms with van der Waals surface area (Å²) in [6, 6.07) is 9.24. The minimum Gasteiger partial charge on any atom is -0.493 e. The molecule has 3 rings (SSSR count). The Labute approximate surface area is 154 Å². The maximum Gasteiger partial charge on any atom is 0.272 e. The van der Waals surface area contributed by atoms with Gasteiger partial charge in [0.1, 0.15) is 0 Å². The Bertz CT molecular complexity index is 865. The van der Waals surface area contributed by atoms with Gasteiger partial charge >= 0.3 is 0 Å². The first-order chi connectivity index (χ1) is 12.7. The highest BCUT2D eigenvalue weighted by Crippen LogP contribution is 2.38. The summed E-state index contributed by atoms with van der Waals surface area (Å²) in [6.07, 6.45) is 0. The van der Waals surface area contributed by atoms with Crippen molar-refractivity contribution in [1.29, 1.82) is 0 Å². The summed E-state index contributed by atoms with van der Waals surface area (Å²) in [5.41, 5.74) is 1.97. The van der Waals surface area contributed by atoms with Crippen molar-refractivity contribution in [2.75, 3.05) is 21.3 Å². The molecule has 0 aliphatic rings. The molecule has 8 heteroatoms. The number of methoxy groups -OCH3 is 3. The van der Waals surface area contributed by atoms with Crippen molar-refractivity contribution in [3.8, 4) is 27.8 Å². The Hall–Kier alpha value is -3.00. The number of carbonyl (C=O) groups is 1. The molecule has 0 spiro atoms. The SMILES string of the molecule is COc1cc(CNC(=O)c2cc(-c3cccs3)[nH]n2)cc(OC)c1OC. The fourth-order valence-electron chi connectivity index (χ4n) is 2.51. The van der Waals surface area contributed by atoms with Crippen LogP contribution in [0.5, 0.6) is 17.2 Å². The molecule has 2 N–H and O–H groups in total. The molecule has 2 heterocycles. The molecule has 2 aromatic heterocycles. The summed E-state index contributed by atoms with van der Waals surface area (Å²) >= 11 is 1.58. The number of hydrogen-bond acceptors (Lipinski definition) is 6. The van der Waals surface area contributed by atoms with Gasteiger partial charge in [-0.25, -0.2) is 0 Å². The van der Waals surface area contributed by atoms with Crippen LogP contribution in [0.25, 0.3) is 10.6 Å². The molecule has 3 aromatic rings. The van der Waals surface area contributed by atoms with E-state index < -0.39 is 0 Å². The highest BCUT2D eigenvalue weighted by Gasteiger charge is 2.15. The molecule has 0 saturated heterocycles. The normalized spacial score (nSPS) is 10.4. The van der Waals surface area contributed by atoms with Crippen LogP contribution in [0.4, 0.5) is 0 Å². The third-order valence-corrected chi connectivity index (χ3v) is 4.68. The summed E-state index contributed by atoms with van der Waals surface area (Å²) in [6.45, 7) is 0.302. The number of carbonyl (C=O) groups excluding carboxylic acids is 1. The van der Waals surface area contributed by atoms with Gasteiger partial charge in [-0.2, -0.15) is 5.10 Å². The van der Waals surface area contributed by atoms with Crippen LogP contribution >= 0.6 is 11.3 Å². The van der Waals surface area contributed by atoms with Crippen LogP contribution in [-0.4, -0.2) is 37.4 Å². The average molecular weight is 373 g/mol. The van der Waals surface area contributed by atoms with Crippen molar-refractivity contribution in [1.82, 2.24) is 15.5 Å². The van der Waals surface area contributed by atoms with Gasteiger partial charge in [0, 0.05) is 6.54 Å². The zero-order valence-corrected chi connectivity index (χ0v) is 15.5. The monoisotopic (exact) mass is 373 g/mol. The van der Waals surface area contributed by atoms with E-state index in [9.17, 15) is 4.79 Å². The zero-order chi connectivity index (χ0) is 18.5. The number of aromatic amines is 1. The fraction of sp³-hybridized carbons (Fsp3) is 0.222. The van der Waals surface area contributed by atoms with Crippen molar-refractivity contribution >= 4 is 17.2 Å². The largest absolute Gasteiger partial charge is 0.493 e. The minimum absolute atomic E-state index is 0.266. The Morgan fingerprint density at radius 3 is 2.46 bits per heavy atom. The van der Waals surface area contributed by atoms with E-state index in [4.69, 9.17) is 14.2 Å². The number of nitrogens with zero attached hydrogens (tertiary/aromatic N) is 1. The molecule has 7 nitrogen and oxygen atoms in total. The lowest BCUT2D eigenvalue weighted by Gasteiger charge is -2.14. The maximum atomic E-state index is 12.4. The van der Waals surface area contributed by atoms with Crippen LogP contribution in [0.2, 0.25) is 0 Å². The first kappa shape index (κ1) is 17.8. The number of amides is 1. The van der Waals surface area contributed by atoms with Gasteiger partial charge in [-0.05, 0) is 35.2 Å². The molecule has 0 unspecified atom stereocenters. The molecule has 0 aliphatic carbocycles. The summed E-state index contributed by atoms with van der Waals surface area (Å²) in [7, 11) is 4.65. The first-order valence-corrected chi connectivity index (χ1v) is 8.70. The van der Waals surface area contributed by atoms with E-state index in [2.05, 4.69) is 15.5 Å². The second-order valence-electron chi connectivity index (χ2n) is 5.36. The highest BCUT2D eigenvalue weighted by molar-refractivity contribution is 7.13. The Kier molecular flexibility index (Phi) is 5.43. The average Bonchev–Trinajstić information content (AvgIpc) is 3.36. The van der Waals surface area contributed by atoms with Gasteiger partial charge in [0.2, 0.25) is 5.75 Å². The summed E-state index contributed by atoms with van der Waals surface area (Å²) < 4.78 is 15.9. The molecule has 1 aromatic carbocycles. The zero-order valence-electron chi connectivity index (χ0n) is 14.7. The lowest BCUT2D eigenvalue weighted by molar-refractivity contribution is 0.0946. The van der Waals surface area contributed by atoms with E-state index in [-0.39, 0.29) is 5.91 Å². The summed E-state index contributed by atoms with van der Waals surface area (Å²) in [5, 5.41) is 11.8. The van der Waals surface area contributed by atoms with Crippen molar-refractivity contribution in [3.63, 3.8) is 0 Å². The molecule has 0 atom stereocenters. The van der Waals surface area contributed by atoms with Gasteiger partial charge in [-0.1, -0.05) is 6.07 Å². The molecule has 0 bridgehead atoms. The van der Waals surface area contributed by atoms with E-state index in [0.29, 0.717) is 29.5 Å². The maximum absolute atomic E-state index is 12.4. The second-order valence-corrected chi connectivity index (χ2v) is 6.31. The number of H-pyrrole nitrogens is 1. The second kappa shape index (κ2) is 7.92. The molecule has 0 aliphatic heterocycles. The van der Waals surface area contributed by atoms with Gasteiger partial charge in [0.05, 0.1) is 31.9 Å². The number of hydrogen-bond donors (Lipinski definition) is 2. The smallest absolute Gasteiger partial charge is 0.272 e. The molecule has 1 amide bonds. The molecule has 136 valence electrons. The highest BCUT2D eigenvalue weighted by atomic mass is 32.1. The van der Waals surface area contributed by atoms with Crippen molar-refractivity contribution in [3.05, 3.63) is 47.0 Å². The molecule has 0 fully saturated rings. The topological polar surface area (TPSA) is 85.5 Å². The number of nitrogens with one attached hydrogen (secondary N) is 2. The predicted octanol–water partition coefficient (Wildman–Crippen LogP) is 3.09. The molecule has 0 saturated carbocycles. The van der Waals surface area contributed by atoms with Crippen LogP contribution in [0.15, 0.2) is 35.7 Å². The molecule has 26 heavy (non-hydrogen) atoms. The number of aromatic nitrogens is 2. The number of benzene rings is 1. The third-order valence-electron chi connectivity index (χ3n) is 3.77. The number of rotatable bonds is 7. The Morgan fingerprint density at radius 1 is 1.15 bits per heavy atom. The molecular weight excluding hydrogens is 354 g/mol. The molecular formula is C18H19N3O4S. The van der Waals surface area contributed by atoms with Crippen LogP contribution < -0.4 is 19.5 Å². The Morgan fingerprint density at radius 2 is 1.88 bits per heavy atom. The number of ether oxygens (including phenoxy) is 3. The van der Waals surface area contributed by atoms with E-state index >= 15 is 0 Å². The number of thiophene rings is 1. The predicted molar refractivity (Wildman–Crippen MR) is 99.2 cm³/mol. The fourth-order valence-corrected chi connectivity index (χ4v) is 3.20. The standard InChI is InChI=1S/C18H19N3O4S/c1-23-14-7-11(8-15(24-2)17(14)25-3)10-19-18(22)13-9-12(20-21-13)16-5-4-6-26-16/h4-9H,10H2,1-3H3,(H,19,22)(H,20,21). The third kappa shape index (κ3) is 3.65. The van der Waals surface area contributed by atoms with Crippen molar-refractivity contribution in [2.45, 2.75) is 6.54 Å². The van der Waals surface area contributed by atoms with Gasteiger partial charge < -0.3 is 19.5 Å².